The predicted octanol–water partition coefficient (Wildman–Crippen LogP) is 3.01. The first-order valence-corrected chi connectivity index (χ1v) is 6.41. The summed E-state index contributed by atoms with van der Waals surface area (Å²) < 4.78 is 0. The fraction of sp³-hybridized carbons (Fsp3) is 0.417. The van der Waals surface area contributed by atoms with E-state index in [9.17, 15) is 9.90 Å². The first-order chi connectivity index (χ1) is 8.47. The maximum atomic E-state index is 11.7. The molecule has 0 aliphatic heterocycles. The smallest absolute Gasteiger partial charge is 0.224 e. The second-order valence-electron chi connectivity index (χ2n) is 4.05. The van der Waals surface area contributed by atoms with Crippen molar-refractivity contribution in [3.8, 4) is 5.75 Å². The molecule has 1 rings (SSSR count). The molecule has 0 spiro atoms. The molecule has 0 saturated heterocycles. The SMILES string of the molecule is CCC(CN)CC(=O)Nc1cc(Cl)c(O)c(Cl)c1. The van der Waals surface area contributed by atoms with E-state index >= 15 is 0 Å². The van der Waals surface area contributed by atoms with E-state index in [-0.39, 0.29) is 27.6 Å². The Kier molecular flexibility index (Phi) is 5.72. The highest BCUT2D eigenvalue weighted by atomic mass is 35.5. The Morgan fingerprint density at radius 3 is 2.44 bits per heavy atom. The van der Waals surface area contributed by atoms with Gasteiger partial charge in [0, 0.05) is 12.1 Å². The molecular formula is C12H16Cl2N2O2. The largest absolute Gasteiger partial charge is 0.505 e. The number of hydrogen-bond acceptors (Lipinski definition) is 3. The van der Waals surface area contributed by atoms with Gasteiger partial charge >= 0.3 is 0 Å². The van der Waals surface area contributed by atoms with E-state index in [4.69, 9.17) is 28.9 Å². The molecule has 0 aromatic heterocycles. The van der Waals surface area contributed by atoms with Crippen molar-refractivity contribution in [2.75, 3.05) is 11.9 Å². The first kappa shape index (κ1) is 15.1. The zero-order valence-corrected chi connectivity index (χ0v) is 11.6. The highest BCUT2D eigenvalue weighted by Crippen LogP contribution is 2.34. The third kappa shape index (κ3) is 4.05. The Balaban J connectivity index is 2.70. The van der Waals surface area contributed by atoms with Gasteiger partial charge in [0.05, 0.1) is 10.0 Å². The molecule has 1 aromatic rings. The van der Waals surface area contributed by atoms with E-state index in [0.717, 1.165) is 6.42 Å². The molecule has 0 bridgehead atoms. The van der Waals surface area contributed by atoms with Gasteiger partial charge in [-0.1, -0.05) is 36.5 Å². The Morgan fingerprint density at radius 1 is 1.44 bits per heavy atom. The molecule has 1 unspecified atom stereocenters. The predicted molar refractivity (Wildman–Crippen MR) is 74.2 cm³/mol. The number of carbonyl (C=O) groups is 1. The van der Waals surface area contributed by atoms with Crippen molar-refractivity contribution in [2.24, 2.45) is 11.7 Å². The molecule has 18 heavy (non-hydrogen) atoms. The number of nitrogens with one attached hydrogen (secondary N) is 1. The molecule has 0 fully saturated rings. The lowest BCUT2D eigenvalue weighted by molar-refractivity contribution is -0.117. The molecule has 0 saturated carbocycles. The van der Waals surface area contributed by atoms with Gasteiger partial charge in [0.1, 0.15) is 0 Å². The van der Waals surface area contributed by atoms with E-state index in [1.807, 2.05) is 6.92 Å². The van der Waals surface area contributed by atoms with Crippen molar-refractivity contribution in [3.05, 3.63) is 22.2 Å². The number of hydrogen-bond donors (Lipinski definition) is 3. The van der Waals surface area contributed by atoms with Crippen molar-refractivity contribution in [2.45, 2.75) is 19.8 Å². The van der Waals surface area contributed by atoms with Crippen molar-refractivity contribution >= 4 is 34.8 Å². The summed E-state index contributed by atoms with van der Waals surface area (Å²) in [5.74, 6) is -0.178. The van der Waals surface area contributed by atoms with Crippen LogP contribution in [0.5, 0.6) is 5.75 Å². The zero-order valence-electron chi connectivity index (χ0n) is 10.0. The number of nitrogens with two attached hydrogens (primary N) is 1. The third-order valence-electron chi connectivity index (χ3n) is 2.69. The summed E-state index contributed by atoms with van der Waals surface area (Å²) in [5.41, 5.74) is 6.00. The number of amides is 1. The van der Waals surface area contributed by atoms with Gasteiger partial charge in [-0.3, -0.25) is 4.79 Å². The van der Waals surface area contributed by atoms with Gasteiger partial charge < -0.3 is 16.2 Å². The molecule has 0 radical (unpaired) electrons. The molecule has 0 aliphatic carbocycles. The second kappa shape index (κ2) is 6.83. The highest BCUT2D eigenvalue weighted by Gasteiger charge is 2.12. The fourth-order valence-electron chi connectivity index (χ4n) is 1.51. The van der Waals surface area contributed by atoms with Crippen LogP contribution in [0.15, 0.2) is 12.1 Å². The highest BCUT2D eigenvalue weighted by molar-refractivity contribution is 6.37. The van der Waals surface area contributed by atoms with Crippen LogP contribution in [0.2, 0.25) is 10.0 Å². The average Bonchev–Trinajstić information content (AvgIpc) is 2.32. The second-order valence-corrected chi connectivity index (χ2v) is 4.87. The maximum Gasteiger partial charge on any atom is 0.224 e. The minimum absolute atomic E-state index is 0.101. The van der Waals surface area contributed by atoms with E-state index in [2.05, 4.69) is 5.32 Å². The van der Waals surface area contributed by atoms with Gasteiger partial charge in [-0.05, 0) is 24.6 Å². The van der Waals surface area contributed by atoms with Crippen LogP contribution in [0.4, 0.5) is 5.69 Å². The number of carbonyl (C=O) groups excluding carboxylic acids is 1. The van der Waals surface area contributed by atoms with Gasteiger partial charge in [0.25, 0.3) is 0 Å². The van der Waals surface area contributed by atoms with Crippen LogP contribution in [0.3, 0.4) is 0 Å². The van der Waals surface area contributed by atoms with Crippen molar-refractivity contribution < 1.29 is 9.90 Å². The zero-order chi connectivity index (χ0) is 13.7. The quantitative estimate of drug-likeness (QED) is 0.730. The van der Waals surface area contributed by atoms with E-state index in [1.54, 1.807) is 0 Å². The van der Waals surface area contributed by atoms with Gasteiger partial charge in [0.2, 0.25) is 5.91 Å². The lowest BCUT2D eigenvalue weighted by atomic mass is 10.0. The Hall–Kier alpha value is -0.970. The Bertz CT molecular complexity index is 411. The number of benzene rings is 1. The summed E-state index contributed by atoms with van der Waals surface area (Å²) in [7, 11) is 0. The maximum absolute atomic E-state index is 11.7. The van der Waals surface area contributed by atoms with Crippen molar-refractivity contribution in [1.29, 1.82) is 0 Å². The number of halogens is 2. The molecular weight excluding hydrogens is 275 g/mol. The van der Waals surface area contributed by atoms with Crippen LogP contribution in [-0.2, 0) is 4.79 Å². The van der Waals surface area contributed by atoms with Crippen molar-refractivity contribution in [3.63, 3.8) is 0 Å². The monoisotopic (exact) mass is 290 g/mol. The van der Waals surface area contributed by atoms with Gasteiger partial charge in [0.15, 0.2) is 5.75 Å². The topological polar surface area (TPSA) is 75.4 Å². The summed E-state index contributed by atoms with van der Waals surface area (Å²) in [6.07, 6.45) is 1.20. The molecule has 100 valence electrons. The summed E-state index contributed by atoms with van der Waals surface area (Å²) in [6.45, 7) is 2.46. The minimum atomic E-state index is -0.190. The molecule has 0 aliphatic rings. The number of phenolic OH excluding ortho intramolecular Hbond substituents is 1. The van der Waals surface area contributed by atoms with Gasteiger partial charge in [-0.25, -0.2) is 0 Å². The van der Waals surface area contributed by atoms with Gasteiger partial charge in [-0.15, -0.1) is 0 Å². The van der Waals surface area contributed by atoms with Crippen LogP contribution in [0.1, 0.15) is 19.8 Å². The number of phenols is 1. The molecule has 1 amide bonds. The number of aromatic hydroxyl groups is 1. The summed E-state index contributed by atoms with van der Waals surface area (Å²) in [4.78, 5) is 11.7. The fourth-order valence-corrected chi connectivity index (χ4v) is 1.99. The lowest BCUT2D eigenvalue weighted by Crippen LogP contribution is -2.21. The molecule has 0 heterocycles. The van der Waals surface area contributed by atoms with Crippen LogP contribution in [-0.4, -0.2) is 17.6 Å². The van der Waals surface area contributed by atoms with Crippen LogP contribution >= 0.6 is 23.2 Å². The summed E-state index contributed by atoms with van der Waals surface area (Å²) in [5, 5.41) is 12.3. The van der Waals surface area contributed by atoms with Gasteiger partial charge in [-0.2, -0.15) is 0 Å². The first-order valence-electron chi connectivity index (χ1n) is 5.65. The van der Waals surface area contributed by atoms with Crippen LogP contribution in [0.25, 0.3) is 0 Å². The third-order valence-corrected chi connectivity index (χ3v) is 3.26. The summed E-state index contributed by atoms with van der Waals surface area (Å²) >= 11 is 11.5. The Labute approximate surface area is 116 Å². The summed E-state index contributed by atoms with van der Waals surface area (Å²) in [6, 6.07) is 2.90. The van der Waals surface area contributed by atoms with Crippen molar-refractivity contribution in [1.82, 2.24) is 0 Å². The number of anilines is 1. The van der Waals surface area contributed by atoms with Crippen LogP contribution in [0, 0.1) is 5.92 Å². The number of rotatable bonds is 5. The van der Waals surface area contributed by atoms with E-state index < -0.39 is 0 Å². The normalized spacial score (nSPS) is 12.2. The molecule has 1 atom stereocenters. The Morgan fingerprint density at radius 2 is 2.00 bits per heavy atom. The average molecular weight is 291 g/mol. The lowest BCUT2D eigenvalue weighted by Gasteiger charge is -2.12. The molecule has 6 heteroatoms. The minimum Gasteiger partial charge on any atom is -0.505 e. The molecule has 4 N–H and O–H groups in total. The van der Waals surface area contributed by atoms with Crippen LogP contribution < -0.4 is 11.1 Å². The van der Waals surface area contributed by atoms with E-state index in [0.29, 0.717) is 18.7 Å². The molecule has 1 aromatic carbocycles. The standard InChI is InChI=1S/C12H16Cl2N2O2/c1-2-7(6-15)3-11(17)16-8-4-9(13)12(18)10(14)5-8/h4-5,7,18H,2-3,6,15H2,1H3,(H,16,17). The molecule has 4 nitrogen and oxygen atoms in total. The van der Waals surface area contributed by atoms with E-state index in [1.165, 1.54) is 12.1 Å².